The first-order valence-electron chi connectivity index (χ1n) is 3.28. The molecule has 6 heteroatoms. The molecule has 0 atom stereocenters. The first-order valence-corrected chi connectivity index (χ1v) is 4.40. The fourth-order valence-electron chi connectivity index (χ4n) is 0.839. The maximum atomic E-state index is 11.1. The summed E-state index contributed by atoms with van der Waals surface area (Å²) in [5.41, 5.74) is 0.460. The van der Waals surface area contributed by atoms with Crippen LogP contribution >= 0.6 is 15.9 Å². The van der Waals surface area contributed by atoms with Crippen molar-refractivity contribution in [1.82, 2.24) is 15.3 Å². The van der Waals surface area contributed by atoms with Crippen LogP contribution in [0.4, 0.5) is 0 Å². The number of aromatic nitrogens is 2. The van der Waals surface area contributed by atoms with Crippen molar-refractivity contribution < 1.29 is 4.79 Å². The number of alkyl halides is 1. The molecule has 1 aromatic heterocycles. The van der Waals surface area contributed by atoms with Gasteiger partial charge in [0.15, 0.2) is 0 Å². The number of imidazole rings is 1. The van der Waals surface area contributed by atoms with E-state index < -0.39 is 0 Å². The van der Waals surface area contributed by atoms with Crippen LogP contribution in [0.3, 0.4) is 0 Å². The maximum absolute atomic E-state index is 11.1. The van der Waals surface area contributed by atoms with Gasteiger partial charge in [-0.15, -0.1) is 0 Å². The second-order valence-electron chi connectivity index (χ2n) is 2.15. The van der Waals surface area contributed by atoms with Gasteiger partial charge in [-0.1, -0.05) is 15.9 Å². The Morgan fingerprint density at radius 2 is 2.25 bits per heavy atom. The smallest absolute Gasteiger partial charge is 0.323 e. The van der Waals surface area contributed by atoms with E-state index in [0.717, 1.165) is 0 Å². The van der Waals surface area contributed by atoms with Crippen molar-refractivity contribution in [1.29, 1.82) is 0 Å². The predicted molar refractivity (Wildman–Crippen MR) is 47.4 cm³/mol. The standard InChI is InChI=1S/C6H8BrN3O2/c1-8-5(11)4-3(2-7)9-6(12)10-4/h2H2,1H3,(H,8,11)(H2,9,10,12). The largest absolute Gasteiger partial charge is 0.354 e. The van der Waals surface area contributed by atoms with Gasteiger partial charge >= 0.3 is 5.69 Å². The number of aromatic amines is 2. The van der Waals surface area contributed by atoms with E-state index in [1.54, 1.807) is 0 Å². The van der Waals surface area contributed by atoms with Crippen LogP contribution < -0.4 is 11.0 Å². The average molecular weight is 234 g/mol. The van der Waals surface area contributed by atoms with Crippen molar-refractivity contribution in [3.05, 3.63) is 21.9 Å². The van der Waals surface area contributed by atoms with Gasteiger partial charge in [-0.3, -0.25) is 4.79 Å². The summed E-state index contributed by atoms with van der Waals surface area (Å²) in [6.45, 7) is 0. The fraction of sp³-hybridized carbons (Fsp3) is 0.333. The van der Waals surface area contributed by atoms with E-state index in [1.165, 1.54) is 7.05 Å². The second-order valence-corrected chi connectivity index (χ2v) is 2.71. The van der Waals surface area contributed by atoms with Crippen molar-refractivity contribution in [2.24, 2.45) is 0 Å². The van der Waals surface area contributed by atoms with Crippen LogP contribution in [0.2, 0.25) is 0 Å². The Morgan fingerprint density at radius 1 is 1.58 bits per heavy atom. The SMILES string of the molecule is CNC(=O)c1[nH]c(=O)[nH]c1CBr. The number of halogens is 1. The number of carbonyl (C=O) groups is 1. The Bertz CT molecular complexity index is 341. The maximum Gasteiger partial charge on any atom is 0.323 e. The monoisotopic (exact) mass is 233 g/mol. The molecule has 0 aliphatic heterocycles. The number of hydrogen-bond acceptors (Lipinski definition) is 2. The third kappa shape index (κ3) is 1.58. The molecule has 66 valence electrons. The third-order valence-electron chi connectivity index (χ3n) is 1.39. The van der Waals surface area contributed by atoms with E-state index in [9.17, 15) is 9.59 Å². The summed E-state index contributed by atoms with van der Waals surface area (Å²) in [7, 11) is 1.51. The third-order valence-corrected chi connectivity index (χ3v) is 1.95. The van der Waals surface area contributed by atoms with E-state index in [4.69, 9.17) is 0 Å². The zero-order valence-electron chi connectivity index (χ0n) is 6.40. The molecule has 3 N–H and O–H groups in total. The van der Waals surface area contributed by atoms with E-state index in [1.807, 2.05) is 0 Å². The first kappa shape index (κ1) is 9.05. The van der Waals surface area contributed by atoms with Gasteiger partial charge in [-0.25, -0.2) is 4.79 Å². The fourth-order valence-corrected chi connectivity index (χ4v) is 1.26. The summed E-state index contributed by atoms with van der Waals surface area (Å²) in [5, 5.41) is 2.86. The summed E-state index contributed by atoms with van der Waals surface area (Å²) in [4.78, 5) is 26.7. The van der Waals surface area contributed by atoms with Crippen molar-refractivity contribution in [2.45, 2.75) is 5.33 Å². The summed E-state index contributed by atoms with van der Waals surface area (Å²) >= 11 is 3.15. The van der Waals surface area contributed by atoms with E-state index in [0.29, 0.717) is 11.0 Å². The van der Waals surface area contributed by atoms with Gasteiger partial charge in [0.2, 0.25) is 0 Å². The Labute approximate surface area is 76.7 Å². The lowest BCUT2D eigenvalue weighted by Crippen LogP contribution is -2.20. The Hall–Kier alpha value is -1.04. The molecule has 0 saturated heterocycles. The molecule has 0 fully saturated rings. The van der Waals surface area contributed by atoms with E-state index in [2.05, 4.69) is 31.2 Å². The number of nitrogens with one attached hydrogen (secondary N) is 3. The van der Waals surface area contributed by atoms with Crippen molar-refractivity contribution in [2.75, 3.05) is 7.05 Å². The average Bonchev–Trinajstić information content (AvgIpc) is 2.45. The number of hydrogen-bond donors (Lipinski definition) is 3. The molecular formula is C6H8BrN3O2. The molecule has 0 unspecified atom stereocenters. The number of rotatable bonds is 2. The van der Waals surface area contributed by atoms with Crippen molar-refractivity contribution in [3.63, 3.8) is 0 Å². The number of H-pyrrole nitrogens is 2. The molecule has 1 aromatic rings. The molecule has 0 spiro atoms. The van der Waals surface area contributed by atoms with Gasteiger partial charge in [0.1, 0.15) is 5.69 Å². The lowest BCUT2D eigenvalue weighted by molar-refractivity contribution is 0.0958. The summed E-state index contributed by atoms with van der Waals surface area (Å²) in [6.07, 6.45) is 0. The molecular weight excluding hydrogens is 226 g/mol. The van der Waals surface area contributed by atoms with Crippen molar-refractivity contribution in [3.8, 4) is 0 Å². The zero-order valence-corrected chi connectivity index (χ0v) is 7.99. The number of carbonyl (C=O) groups excluding carboxylic acids is 1. The van der Waals surface area contributed by atoms with Crippen LogP contribution in [-0.2, 0) is 5.33 Å². The zero-order chi connectivity index (χ0) is 9.14. The highest BCUT2D eigenvalue weighted by Crippen LogP contribution is 2.04. The molecule has 0 aliphatic carbocycles. The van der Waals surface area contributed by atoms with Gasteiger partial charge in [0.05, 0.1) is 5.69 Å². The molecule has 0 saturated carbocycles. The minimum Gasteiger partial charge on any atom is -0.354 e. The van der Waals surface area contributed by atoms with Gasteiger partial charge < -0.3 is 15.3 Å². The summed E-state index contributed by atoms with van der Waals surface area (Å²) in [5.74, 6) is -0.303. The minimum atomic E-state index is -0.372. The molecule has 5 nitrogen and oxygen atoms in total. The quantitative estimate of drug-likeness (QED) is 0.627. The molecule has 1 amide bonds. The normalized spacial score (nSPS) is 9.83. The molecule has 1 rings (SSSR count). The first-order chi connectivity index (χ1) is 5.69. The number of amides is 1. The van der Waals surface area contributed by atoms with Gasteiger partial charge in [0.25, 0.3) is 5.91 Å². The van der Waals surface area contributed by atoms with Crippen LogP contribution in [0.15, 0.2) is 4.79 Å². The van der Waals surface area contributed by atoms with Crippen LogP contribution in [0.1, 0.15) is 16.2 Å². The van der Waals surface area contributed by atoms with E-state index in [-0.39, 0.29) is 17.3 Å². The van der Waals surface area contributed by atoms with Crippen LogP contribution in [0.5, 0.6) is 0 Å². The van der Waals surface area contributed by atoms with Gasteiger partial charge in [-0.05, 0) is 0 Å². The molecule has 1 heterocycles. The van der Waals surface area contributed by atoms with Crippen LogP contribution in [0.25, 0.3) is 0 Å². The van der Waals surface area contributed by atoms with Crippen LogP contribution in [-0.4, -0.2) is 22.9 Å². The molecule has 12 heavy (non-hydrogen) atoms. The predicted octanol–water partition coefficient (Wildman–Crippen LogP) is -0.0425. The minimum absolute atomic E-state index is 0.277. The lowest BCUT2D eigenvalue weighted by Gasteiger charge is -1.96. The van der Waals surface area contributed by atoms with Gasteiger partial charge in [0, 0.05) is 12.4 Å². The van der Waals surface area contributed by atoms with Gasteiger partial charge in [-0.2, -0.15) is 0 Å². The van der Waals surface area contributed by atoms with Crippen molar-refractivity contribution >= 4 is 21.8 Å². The van der Waals surface area contributed by atoms with E-state index >= 15 is 0 Å². The Balaban J connectivity index is 3.13. The Morgan fingerprint density at radius 3 is 2.75 bits per heavy atom. The molecule has 0 bridgehead atoms. The Kier molecular flexibility index (Phi) is 2.69. The molecule has 0 aromatic carbocycles. The molecule has 0 radical (unpaired) electrons. The summed E-state index contributed by atoms with van der Waals surface area (Å²) < 4.78 is 0. The molecule has 0 aliphatic rings. The lowest BCUT2D eigenvalue weighted by atomic mass is 10.3. The second kappa shape index (κ2) is 3.57. The highest BCUT2D eigenvalue weighted by atomic mass is 79.9. The highest BCUT2D eigenvalue weighted by molar-refractivity contribution is 9.08. The summed E-state index contributed by atoms with van der Waals surface area (Å²) in [6, 6.07) is 0. The topological polar surface area (TPSA) is 77.8 Å². The van der Waals surface area contributed by atoms with Crippen LogP contribution in [0, 0.1) is 0 Å². The highest BCUT2D eigenvalue weighted by Gasteiger charge is 2.11.